The van der Waals surface area contributed by atoms with Gasteiger partial charge in [0.15, 0.2) is 5.37 Å². The molecule has 0 fully saturated rings. The summed E-state index contributed by atoms with van der Waals surface area (Å²) >= 11 is 0. The van der Waals surface area contributed by atoms with E-state index in [1.165, 1.54) is 13.8 Å². The largest absolute Gasteiger partial charge is 0.467 e. The molecule has 0 unspecified atom stereocenters. The summed E-state index contributed by atoms with van der Waals surface area (Å²) < 4.78 is 19.9. The highest BCUT2D eigenvalue weighted by molar-refractivity contribution is 8.77. The molecule has 0 heterocycles. The second-order valence-electron chi connectivity index (χ2n) is 18.4. The summed E-state index contributed by atoms with van der Waals surface area (Å²) in [5.74, 6) is -7.56. The average Bonchev–Trinajstić information content (AvgIpc) is 3.41. The number of hydrogen-bond acceptors (Lipinski definition) is 18. The van der Waals surface area contributed by atoms with Gasteiger partial charge < -0.3 is 72.1 Å². The van der Waals surface area contributed by atoms with Crippen LogP contribution in [0.1, 0.15) is 78.4 Å². The van der Waals surface area contributed by atoms with Gasteiger partial charge in [-0.3, -0.25) is 38.4 Å². The first-order valence-corrected chi connectivity index (χ1v) is 27.6. The van der Waals surface area contributed by atoms with Crippen LogP contribution in [0.3, 0.4) is 0 Å². The number of hydrogen-bond donors (Lipinski definition) is 10. The zero-order valence-electron chi connectivity index (χ0n) is 45.5. The van der Waals surface area contributed by atoms with Crippen LogP contribution >= 0.6 is 21.6 Å². The summed E-state index contributed by atoms with van der Waals surface area (Å²) in [5.41, 5.74) is 1.52. The van der Waals surface area contributed by atoms with Crippen LogP contribution in [0.15, 0.2) is 60.7 Å². The lowest BCUT2D eigenvalue weighted by Crippen LogP contribution is -2.52. The maximum Gasteiger partial charge on any atom is 0.408 e. The van der Waals surface area contributed by atoms with Crippen molar-refractivity contribution < 1.29 is 76.5 Å². The predicted octanol–water partition coefficient (Wildman–Crippen LogP) is 0.577. The molecule has 0 saturated heterocycles. The van der Waals surface area contributed by atoms with Crippen molar-refractivity contribution in [3.63, 3.8) is 0 Å². The third-order valence-electron chi connectivity index (χ3n) is 10.7. The molecule has 28 heteroatoms. The van der Waals surface area contributed by atoms with Crippen molar-refractivity contribution in [1.82, 2.24) is 53.2 Å². The Labute approximate surface area is 466 Å². The van der Waals surface area contributed by atoms with Crippen LogP contribution in [-0.4, -0.2) is 153 Å². The number of amides is 10. The SMILES string of the molecule is COC(=O)[C@H](CSS[C@H](NC(=O)CNC(=O)[C@H](CC(C)C)NC(=O)CCNC(=O)[C@H](C)NC(=O)OCc1ccccc1)C(=O)OC)NC(=O)CNC(=O)[C@H](CC(C)C)NC(=O)CCNC(=O)[C@H](C)NC(=O)OCc1ccccc1. The van der Waals surface area contributed by atoms with Crippen molar-refractivity contribution >= 4 is 93.0 Å². The lowest BCUT2D eigenvalue weighted by molar-refractivity contribution is -0.144. The molecule has 79 heavy (non-hydrogen) atoms. The van der Waals surface area contributed by atoms with E-state index >= 15 is 0 Å². The van der Waals surface area contributed by atoms with Crippen LogP contribution in [-0.2, 0) is 80.1 Å². The Hall–Kier alpha value is -7.62. The zero-order valence-corrected chi connectivity index (χ0v) is 47.2. The van der Waals surface area contributed by atoms with E-state index in [0.29, 0.717) is 0 Å². The molecule has 0 spiro atoms. The Bertz CT molecular complexity index is 2190. The van der Waals surface area contributed by atoms with Crippen molar-refractivity contribution in [3.05, 3.63) is 71.8 Å². The molecule has 0 saturated carbocycles. The van der Waals surface area contributed by atoms with Crippen molar-refractivity contribution in [1.29, 1.82) is 0 Å². The molecule has 0 aliphatic heterocycles. The van der Waals surface area contributed by atoms with E-state index in [9.17, 15) is 57.5 Å². The monoisotopic (exact) mass is 1150 g/mol. The quantitative estimate of drug-likeness (QED) is 0.0198. The van der Waals surface area contributed by atoms with E-state index in [1.54, 1.807) is 48.5 Å². The van der Waals surface area contributed by atoms with Gasteiger partial charge in [0.2, 0.25) is 47.3 Å². The Balaban J connectivity index is 1.84. The zero-order chi connectivity index (χ0) is 58.9. The second-order valence-corrected chi connectivity index (χ2v) is 20.9. The first-order chi connectivity index (χ1) is 37.5. The molecule has 0 aliphatic rings. The highest BCUT2D eigenvalue weighted by atomic mass is 33.1. The molecule has 2 aromatic rings. The van der Waals surface area contributed by atoms with Gasteiger partial charge in [-0.15, -0.1) is 0 Å². The molecule has 6 atom stereocenters. The highest BCUT2D eigenvalue weighted by Gasteiger charge is 2.29. The van der Waals surface area contributed by atoms with Crippen LogP contribution in [0.5, 0.6) is 0 Å². The summed E-state index contributed by atoms with van der Waals surface area (Å²) in [4.78, 5) is 153. The molecule has 0 aromatic heterocycles. The molecule has 26 nitrogen and oxygen atoms in total. The van der Waals surface area contributed by atoms with E-state index in [4.69, 9.17) is 18.9 Å². The van der Waals surface area contributed by atoms with Gasteiger partial charge in [0.05, 0.1) is 27.3 Å². The topological polar surface area (TPSA) is 362 Å². The maximum atomic E-state index is 13.2. The minimum atomic E-state index is -1.38. The van der Waals surface area contributed by atoms with Crippen molar-refractivity contribution in [2.45, 2.75) is 116 Å². The lowest BCUT2D eigenvalue weighted by atomic mass is 10.0. The molecule has 436 valence electrons. The summed E-state index contributed by atoms with van der Waals surface area (Å²) in [6, 6.07) is 12.4. The van der Waals surface area contributed by atoms with Gasteiger partial charge in [0.1, 0.15) is 43.4 Å². The van der Waals surface area contributed by atoms with Gasteiger partial charge in [-0.2, -0.15) is 0 Å². The number of carbonyl (C=O) groups is 12. The standard InChI is InChI=1S/C51H74N10O16S2/c1-30(2)23-36(58-39(62)19-21-52-43(66)32(5)56-50(72)76-27-34-15-11-9-12-16-34)45(68)54-25-41(64)60-38(48(70)74-7)29-78-79-47(49(71)75-8)61-42(65)26-55-46(69)37(24-31(3)4)59-40(63)20-22-53-44(67)33(6)57-51(73)77-28-35-17-13-10-14-18-35/h9-18,30-33,36-38,47H,19-29H2,1-8H3,(H,52,66)(H,53,67)(H,54,68)(H,55,69)(H,56,72)(H,57,73)(H,58,62)(H,59,63)(H,60,64)(H,61,65)/t32-,33-,36-,37-,38-,47-/m0/s1. The predicted molar refractivity (Wildman–Crippen MR) is 290 cm³/mol. The first kappa shape index (κ1) is 67.5. The number of ether oxygens (including phenoxy) is 4. The van der Waals surface area contributed by atoms with Gasteiger partial charge in [0, 0.05) is 31.7 Å². The van der Waals surface area contributed by atoms with E-state index in [1.807, 2.05) is 39.8 Å². The molecule has 10 N–H and O–H groups in total. The Morgan fingerprint density at radius 1 is 0.456 bits per heavy atom. The fraction of sp³-hybridized carbons (Fsp3) is 0.529. The Morgan fingerprint density at radius 3 is 1.24 bits per heavy atom. The number of methoxy groups -OCH3 is 2. The average molecular weight is 1150 g/mol. The van der Waals surface area contributed by atoms with Crippen LogP contribution in [0.2, 0.25) is 0 Å². The number of rotatable bonds is 34. The minimum Gasteiger partial charge on any atom is -0.467 e. The molecule has 0 bridgehead atoms. The molecular weight excluding hydrogens is 1070 g/mol. The maximum absolute atomic E-state index is 13.2. The normalized spacial score (nSPS) is 13.0. The third kappa shape index (κ3) is 29.1. The smallest absolute Gasteiger partial charge is 0.408 e. The molecular formula is C51H74N10O16S2. The van der Waals surface area contributed by atoms with Gasteiger partial charge in [-0.05, 0) is 49.7 Å². The van der Waals surface area contributed by atoms with Gasteiger partial charge in [0.25, 0.3) is 0 Å². The Kier molecular flexibility index (Phi) is 31.8. The van der Waals surface area contributed by atoms with Gasteiger partial charge in [-0.25, -0.2) is 19.2 Å². The van der Waals surface area contributed by atoms with Crippen LogP contribution in [0.25, 0.3) is 0 Å². The van der Waals surface area contributed by atoms with Crippen LogP contribution in [0, 0.1) is 11.8 Å². The fourth-order valence-corrected chi connectivity index (χ4v) is 8.95. The second kappa shape index (κ2) is 37.2. The van der Waals surface area contributed by atoms with Gasteiger partial charge in [-0.1, -0.05) is 110 Å². The number of benzene rings is 2. The van der Waals surface area contributed by atoms with E-state index < -0.39 is 120 Å². The molecule has 0 aliphatic carbocycles. The van der Waals surface area contributed by atoms with E-state index in [-0.39, 0.29) is 69.6 Å². The fourth-order valence-electron chi connectivity index (χ4n) is 6.60. The third-order valence-corrected chi connectivity index (χ3v) is 13.2. The molecule has 2 aromatic carbocycles. The van der Waals surface area contributed by atoms with Crippen LogP contribution in [0.4, 0.5) is 9.59 Å². The van der Waals surface area contributed by atoms with E-state index in [2.05, 4.69) is 53.2 Å². The summed E-state index contributed by atoms with van der Waals surface area (Å²) in [7, 11) is 3.77. The number of nitrogens with one attached hydrogen (secondary N) is 10. The van der Waals surface area contributed by atoms with Gasteiger partial charge >= 0.3 is 24.1 Å². The minimum absolute atomic E-state index is 0.00409. The number of esters is 2. The highest BCUT2D eigenvalue weighted by Crippen LogP contribution is 2.27. The summed E-state index contributed by atoms with van der Waals surface area (Å²) in [5, 5.41) is 23.4. The van der Waals surface area contributed by atoms with Crippen LogP contribution < -0.4 is 53.2 Å². The molecule has 10 amide bonds. The van der Waals surface area contributed by atoms with E-state index in [0.717, 1.165) is 46.9 Å². The number of carbonyl (C=O) groups excluding carboxylic acids is 12. The summed E-state index contributed by atoms with van der Waals surface area (Å²) in [6.07, 6.45) is -1.71. The number of alkyl carbamates (subject to hydrolysis) is 2. The first-order valence-electron chi connectivity index (χ1n) is 25.2. The lowest BCUT2D eigenvalue weighted by Gasteiger charge is -2.22. The molecule has 2 rings (SSSR count). The van der Waals surface area contributed by atoms with Crippen molar-refractivity contribution in [2.24, 2.45) is 11.8 Å². The summed E-state index contributed by atoms with van der Waals surface area (Å²) in [6.45, 7) is 8.62. The van der Waals surface area contributed by atoms with Crippen molar-refractivity contribution in [3.8, 4) is 0 Å². The Morgan fingerprint density at radius 2 is 0.848 bits per heavy atom. The molecule has 0 radical (unpaired) electrons. The van der Waals surface area contributed by atoms with Crippen molar-refractivity contribution in [2.75, 3.05) is 46.2 Å².